The molecule has 0 bridgehead atoms. The zero-order chi connectivity index (χ0) is 21.7. The van der Waals surface area contributed by atoms with Gasteiger partial charge in [0.1, 0.15) is 5.75 Å². The van der Waals surface area contributed by atoms with Gasteiger partial charge in [0.25, 0.3) is 5.56 Å². The number of carbonyl (C=O) groups excluding carboxylic acids is 2. The van der Waals surface area contributed by atoms with Crippen LogP contribution in [0.5, 0.6) is 5.75 Å². The number of methoxy groups -OCH3 is 1. The number of para-hydroxylation sites is 1. The highest BCUT2D eigenvalue weighted by Gasteiger charge is 2.18. The summed E-state index contributed by atoms with van der Waals surface area (Å²) in [5, 5.41) is 5.53. The van der Waals surface area contributed by atoms with Crippen molar-refractivity contribution in [2.45, 2.75) is 19.0 Å². The summed E-state index contributed by atoms with van der Waals surface area (Å²) in [6.07, 6.45) is 0. The molecule has 30 heavy (non-hydrogen) atoms. The van der Waals surface area contributed by atoms with E-state index in [9.17, 15) is 14.4 Å². The summed E-state index contributed by atoms with van der Waals surface area (Å²) in [4.78, 5) is 41.6. The molecule has 2 aromatic carbocycles. The number of aryl methyl sites for hydroxylation is 1. The number of carbonyl (C=O) groups is 2. The second-order valence-corrected chi connectivity index (χ2v) is 7.37. The van der Waals surface area contributed by atoms with Gasteiger partial charge in [-0.25, -0.2) is 9.78 Å². The lowest BCUT2D eigenvalue weighted by molar-refractivity contribution is -0.117. The number of fused-ring (bicyclic) bond motifs is 1. The van der Waals surface area contributed by atoms with E-state index in [-0.39, 0.29) is 11.3 Å². The average Bonchev–Trinajstić information content (AvgIpc) is 2.72. The van der Waals surface area contributed by atoms with E-state index in [0.717, 1.165) is 17.3 Å². The van der Waals surface area contributed by atoms with Crippen molar-refractivity contribution >= 4 is 34.6 Å². The van der Waals surface area contributed by atoms with Crippen LogP contribution in [0.2, 0.25) is 0 Å². The van der Waals surface area contributed by atoms with Crippen molar-refractivity contribution < 1.29 is 14.3 Å². The molecule has 3 amide bonds. The minimum absolute atomic E-state index is 0.0873. The molecular formula is C21H22N4O4S. The van der Waals surface area contributed by atoms with E-state index in [1.54, 1.807) is 37.3 Å². The first-order valence-electron chi connectivity index (χ1n) is 9.32. The van der Waals surface area contributed by atoms with E-state index < -0.39 is 11.9 Å². The monoisotopic (exact) mass is 426 g/mol. The van der Waals surface area contributed by atoms with Gasteiger partial charge in [0, 0.05) is 6.54 Å². The molecule has 0 unspecified atom stereocenters. The predicted octanol–water partition coefficient (Wildman–Crippen LogP) is 2.64. The highest BCUT2D eigenvalue weighted by atomic mass is 32.2. The van der Waals surface area contributed by atoms with Gasteiger partial charge in [-0.15, -0.1) is 0 Å². The molecule has 1 heterocycles. The summed E-state index contributed by atoms with van der Waals surface area (Å²) < 4.78 is 6.90. The summed E-state index contributed by atoms with van der Waals surface area (Å²) in [6.45, 7) is 4.08. The van der Waals surface area contributed by atoms with Gasteiger partial charge in [-0.2, -0.15) is 0 Å². The van der Waals surface area contributed by atoms with Crippen LogP contribution in [0.1, 0.15) is 12.5 Å². The van der Waals surface area contributed by atoms with Gasteiger partial charge < -0.3 is 10.1 Å². The topological polar surface area (TPSA) is 102 Å². The van der Waals surface area contributed by atoms with Crippen molar-refractivity contribution in [1.29, 1.82) is 0 Å². The van der Waals surface area contributed by atoms with Crippen LogP contribution >= 0.6 is 11.8 Å². The summed E-state index contributed by atoms with van der Waals surface area (Å²) in [7, 11) is 1.53. The maximum Gasteiger partial charge on any atom is 0.321 e. The summed E-state index contributed by atoms with van der Waals surface area (Å²) >= 11 is 1.07. The van der Waals surface area contributed by atoms with Gasteiger partial charge in [0.2, 0.25) is 5.91 Å². The van der Waals surface area contributed by atoms with Gasteiger partial charge >= 0.3 is 6.03 Å². The predicted molar refractivity (Wildman–Crippen MR) is 117 cm³/mol. The number of amides is 3. The van der Waals surface area contributed by atoms with E-state index in [4.69, 9.17) is 4.74 Å². The molecule has 156 valence electrons. The number of imide groups is 1. The zero-order valence-corrected chi connectivity index (χ0v) is 17.7. The molecule has 3 rings (SSSR count). The lowest BCUT2D eigenvalue weighted by Gasteiger charge is -2.16. The first kappa shape index (κ1) is 21.4. The number of nitrogens with one attached hydrogen (secondary N) is 2. The zero-order valence-electron chi connectivity index (χ0n) is 16.9. The minimum Gasteiger partial charge on any atom is -0.495 e. The van der Waals surface area contributed by atoms with E-state index >= 15 is 0 Å². The van der Waals surface area contributed by atoms with Crippen molar-refractivity contribution in [2.24, 2.45) is 0 Å². The number of aromatic nitrogens is 2. The second kappa shape index (κ2) is 9.45. The van der Waals surface area contributed by atoms with Crippen molar-refractivity contribution in [3.63, 3.8) is 0 Å². The van der Waals surface area contributed by atoms with Crippen LogP contribution in [0.15, 0.2) is 52.4 Å². The second-order valence-electron chi connectivity index (χ2n) is 6.42. The molecule has 0 saturated heterocycles. The lowest BCUT2D eigenvalue weighted by atomic mass is 10.2. The Morgan fingerprint density at radius 2 is 1.97 bits per heavy atom. The third-order valence-corrected chi connectivity index (χ3v) is 5.18. The summed E-state index contributed by atoms with van der Waals surface area (Å²) in [6, 6.07) is 11.9. The summed E-state index contributed by atoms with van der Waals surface area (Å²) in [5.41, 5.74) is 1.73. The van der Waals surface area contributed by atoms with Crippen LogP contribution < -0.4 is 20.9 Å². The molecule has 3 aromatic rings. The molecule has 1 aromatic heterocycles. The fourth-order valence-corrected chi connectivity index (χ4v) is 3.70. The lowest BCUT2D eigenvalue weighted by Crippen LogP contribution is -2.40. The van der Waals surface area contributed by atoms with E-state index in [2.05, 4.69) is 15.6 Å². The highest BCUT2D eigenvalue weighted by Crippen LogP contribution is 2.28. The number of hydrogen-bond acceptors (Lipinski definition) is 6. The van der Waals surface area contributed by atoms with Crippen LogP contribution in [-0.2, 0) is 4.79 Å². The molecule has 0 atom stereocenters. The van der Waals surface area contributed by atoms with E-state index in [0.29, 0.717) is 34.0 Å². The Morgan fingerprint density at radius 3 is 2.70 bits per heavy atom. The van der Waals surface area contributed by atoms with Crippen molar-refractivity contribution in [2.75, 3.05) is 19.4 Å². The Labute approximate surface area is 177 Å². The van der Waals surface area contributed by atoms with Gasteiger partial charge in [-0.3, -0.25) is 19.5 Å². The number of rotatable bonds is 6. The largest absolute Gasteiger partial charge is 0.495 e. The number of nitrogens with zero attached hydrogens (tertiary/aromatic N) is 2. The van der Waals surface area contributed by atoms with Crippen molar-refractivity contribution in [3.05, 3.63) is 58.4 Å². The molecular weight excluding hydrogens is 404 g/mol. The molecule has 0 saturated carbocycles. The maximum absolute atomic E-state index is 13.3. The molecule has 2 N–H and O–H groups in total. The molecule has 0 aliphatic carbocycles. The Kier molecular flexibility index (Phi) is 6.73. The molecule has 0 spiro atoms. The number of ether oxygens (including phenoxy) is 1. The Balaban J connectivity index is 2.06. The highest BCUT2D eigenvalue weighted by molar-refractivity contribution is 7.99. The van der Waals surface area contributed by atoms with Crippen molar-refractivity contribution in [1.82, 2.24) is 20.2 Å². The average molecular weight is 426 g/mol. The van der Waals surface area contributed by atoms with Crippen LogP contribution in [0.25, 0.3) is 16.6 Å². The van der Waals surface area contributed by atoms with Crippen molar-refractivity contribution in [3.8, 4) is 11.4 Å². The van der Waals surface area contributed by atoms with Gasteiger partial charge in [-0.1, -0.05) is 30.0 Å². The van der Waals surface area contributed by atoms with Crippen LogP contribution in [-0.4, -0.2) is 40.9 Å². The Morgan fingerprint density at radius 1 is 1.20 bits per heavy atom. The number of urea groups is 1. The van der Waals surface area contributed by atoms with E-state index in [1.165, 1.54) is 11.7 Å². The number of benzene rings is 2. The van der Waals surface area contributed by atoms with Crippen LogP contribution in [0.3, 0.4) is 0 Å². The normalized spacial score (nSPS) is 10.6. The fraction of sp³-hybridized carbons (Fsp3) is 0.238. The molecule has 8 nitrogen and oxygen atoms in total. The SMILES string of the molecule is CCNC(=O)NC(=O)CSc1nc2ccccc2c(=O)n1-c1cc(C)ccc1OC. The number of hydrogen-bond donors (Lipinski definition) is 2. The smallest absolute Gasteiger partial charge is 0.321 e. The fourth-order valence-electron chi connectivity index (χ4n) is 2.89. The third kappa shape index (κ3) is 4.62. The molecule has 9 heteroatoms. The maximum atomic E-state index is 13.3. The van der Waals surface area contributed by atoms with Gasteiger partial charge in [-0.05, 0) is 43.7 Å². The first-order chi connectivity index (χ1) is 14.4. The Hall–Kier alpha value is -3.33. The summed E-state index contributed by atoms with van der Waals surface area (Å²) in [5.74, 6) is -0.0692. The van der Waals surface area contributed by atoms with Crippen LogP contribution in [0.4, 0.5) is 4.79 Å². The quantitative estimate of drug-likeness (QED) is 0.464. The first-order valence-corrected chi connectivity index (χ1v) is 10.3. The molecule has 0 aliphatic rings. The van der Waals surface area contributed by atoms with Gasteiger partial charge in [0.15, 0.2) is 5.16 Å². The number of thioether (sulfide) groups is 1. The Bertz CT molecular complexity index is 1160. The standard InChI is InChI=1S/C21H22N4O4S/c1-4-22-20(28)24-18(26)12-30-21-23-15-8-6-5-7-14(15)19(27)25(21)16-11-13(2)9-10-17(16)29-3/h5-11H,4,12H2,1-3H3,(H2,22,24,26,28). The molecule has 0 aliphatic heterocycles. The molecule has 0 fully saturated rings. The van der Waals surface area contributed by atoms with Gasteiger partial charge in [0.05, 0.1) is 29.5 Å². The molecule has 0 radical (unpaired) electrons. The minimum atomic E-state index is -0.563. The van der Waals surface area contributed by atoms with Crippen LogP contribution in [0, 0.1) is 6.92 Å². The third-order valence-electron chi connectivity index (χ3n) is 4.24. The van der Waals surface area contributed by atoms with E-state index in [1.807, 2.05) is 19.1 Å².